The largest absolute Gasteiger partial charge is 0.279 e. The summed E-state index contributed by atoms with van der Waals surface area (Å²) >= 11 is 10.4. The summed E-state index contributed by atoms with van der Waals surface area (Å²) in [6, 6.07) is 8.80. The van der Waals surface area contributed by atoms with E-state index in [2.05, 4.69) is 20.7 Å². The molecule has 102 valence electrons. The van der Waals surface area contributed by atoms with Gasteiger partial charge in [-0.3, -0.25) is 4.72 Å². The smallest absolute Gasteiger partial charge is 0.272 e. The van der Waals surface area contributed by atoms with E-state index in [-0.39, 0.29) is 9.59 Å². The number of nitrogens with one attached hydrogen (secondary N) is 1. The highest BCUT2D eigenvalue weighted by atomic mass is 79.9. The Bertz CT molecular complexity index is 683. The van der Waals surface area contributed by atoms with Crippen molar-refractivity contribution in [3.05, 3.63) is 45.7 Å². The van der Waals surface area contributed by atoms with Gasteiger partial charge in [0.1, 0.15) is 0 Å². The van der Waals surface area contributed by atoms with Crippen molar-refractivity contribution in [2.75, 3.05) is 4.72 Å². The molecule has 3 nitrogen and oxygen atoms in total. The fraction of sp³-hybridized carbons (Fsp3) is 0.167. The minimum Gasteiger partial charge on any atom is -0.279 e. The second-order valence-corrected chi connectivity index (χ2v) is 8.17. The van der Waals surface area contributed by atoms with Crippen molar-refractivity contribution in [2.24, 2.45) is 0 Å². The van der Waals surface area contributed by atoms with Gasteiger partial charge in [0.25, 0.3) is 10.0 Å². The maximum atomic E-state index is 12.3. The molecule has 0 aliphatic rings. The summed E-state index contributed by atoms with van der Waals surface area (Å²) in [5, 5.41) is 1.44. The van der Waals surface area contributed by atoms with E-state index >= 15 is 0 Å². The Morgan fingerprint density at radius 3 is 2.58 bits per heavy atom. The van der Waals surface area contributed by atoms with E-state index in [1.807, 2.05) is 6.07 Å². The lowest BCUT2D eigenvalue weighted by molar-refractivity contribution is 0.602. The molecule has 0 fully saturated rings. The standard InChI is InChI=1S/C12H11BrClNO2S2/c1-8(14)9-4-2-3-5-11(9)15-19(16,17)12-10(13)6-7-18-12/h2-8,15H,1H3. The molecule has 1 heterocycles. The lowest BCUT2D eigenvalue weighted by Gasteiger charge is -2.13. The van der Waals surface area contributed by atoms with Crippen LogP contribution in [0.1, 0.15) is 17.9 Å². The Hall–Kier alpha value is -0.560. The van der Waals surface area contributed by atoms with Crippen molar-refractivity contribution in [1.29, 1.82) is 0 Å². The van der Waals surface area contributed by atoms with Crippen LogP contribution < -0.4 is 4.72 Å². The maximum absolute atomic E-state index is 12.3. The first-order chi connectivity index (χ1) is 8.92. The van der Waals surface area contributed by atoms with Crippen LogP contribution in [0, 0.1) is 0 Å². The average molecular weight is 381 g/mol. The number of thiophene rings is 1. The molecule has 2 rings (SSSR count). The molecule has 1 unspecified atom stereocenters. The second-order valence-electron chi connectivity index (χ2n) is 3.86. The Balaban J connectivity index is 2.39. The minimum absolute atomic E-state index is 0.254. The van der Waals surface area contributed by atoms with E-state index in [4.69, 9.17) is 11.6 Å². The monoisotopic (exact) mass is 379 g/mol. The Morgan fingerprint density at radius 2 is 2.00 bits per heavy atom. The van der Waals surface area contributed by atoms with Gasteiger partial charge in [0, 0.05) is 4.47 Å². The fourth-order valence-electron chi connectivity index (χ4n) is 1.60. The summed E-state index contributed by atoms with van der Waals surface area (Å²) in [6.07, 6.45) is 0. The summed E-state index contributed by atoms with van der Waals surface area (Å²) in [6.45, 7) is 1.80. The highest BCUT2D eigenvalue weighted by Crippen LogP contribution is 2.32. The molecule has 1 aromatic carbocycles. The predicted molar refractivity (Wildman–Crippen MR) is 83.5 cm³/mol. The number of halogens is 2. The third-order valence-electron chi connectivity index (χ3n) is 2.46. The molecule has 0 spiro atoms. The third kappa shape index (κ3) is 3.31. The number of benzene rings is 1. The summed E-state index contributed by atoms with van der Waals surface area (Å²) in [5.41, 5.74) is 1.26. The molecule has 2 aromatic rings. The SMILES string of the molecule is CC(Cl)c1ccccc1NS(=O)(=O)c1sccc1Br. The number of sulfonamides is 1. The van der Waals surface area contributed by atoms with E-state index in [9.17, 15) is 8.42 Å². The number of hydrogen-bond donors (Lipinski definition) is 1. The molecule has 1 N–H and O–H groups in total. The van der Waals surface area contributed by atoms with Crippen molar-refractivity contribution in [3.63, 3.8) is 0 Å². The summed E-state index contributed by atoms with van der Waals surface area (Å²) in [7, 11) is -3.59. The van der Waals surface area contributed by atoms with Crippen LogP contribution >= 0.6 is 38.9 Å². The van der Waals surface area contributed by atoms with Crippen molar-refractivity contribution in [1.82, 2.24) is 0 Å². The average Bonchev–Trinajstić information content (AvgIpc) is 2.76. The van der Waals surface area contributed by atoms with E-state index < -0.39 is 10.0 Å². The van der Waals surface area contributed by atoms with Gasteiger partial charge < -0.3 is 0 Å². The van der Waals surface area contributed by atoms with Gasteiger partial charge >= 0.3 is 0 Å². The van der Waals surface area contributed by atoms with Gasteiger partial charge in [-0.25, -0.2) is 8.42 Å². The molecular weight excluding hydrogens is 370 g/mol. The van der Waals surface area contributed by atoms with Crippen LogP contribution in [0.15, 0.2) is 44.4 Å². The van der Waals surface area contributed by atoms with Crippen LogP contribution in [0.4, 0.5) is 5.69 Å². The minimum atomic E-state index is -3.59. The number of anilines is 1. The van der Waals surface area contributed by atoms with Crippen molar-refractivity contribution in [3.8, 4) is 0 Å². The van der Waals surface area contributed by atoms with Crippen LogP contribution in [0.3, 0.4) is 0 Å². The Kier molecular flexibility index (Phi) is 4.55. The van der Waals surface area contributed by atoms with E-state index in [1.165, 1.54) is 0 Å². The molecule has 0 aliphatic carbocycles. The maximum Gasteiger partial charge on any atom is 0.272 e. The Labute approximate surface area is 129 Å². The molecule has 0 bridgehead atoms. The Morgan fingerprint density at radius 1 is 1.32 bits per heavy atom. The zero-order valence-electron chi connectivity index (χ0n) is 9.93. The molecule has 1 atom stereocenters. The van der Waals surface area contributed by atoms with E-state index in [0.29, 0.717) is 10.2 Å². The molecule has 19 heavy (non-hydrogen) atoms. The number of hydrogen-bond acceptors (Lipinski definition) is 3. The molecule has 0 saturated carbocycles. The molecular formula is C12H11BrClNO2S2. The topological polar surface area (TPSA) is 46.2 Å². The molecule has 1 aromatic heterocycles. The van der Waals surface area contributed by atoms with Crippen LogP contribution in [0.2, 0.25) is 0 Å². The van der Waals surface area contributed by atoms with Crippen LogP contribution in [-0.4, -0.2) is 8.42 Å². The van der Waals surface area contributed by atoms with Gasteiger partial charge in [-0.2, -0.15) is 0 Å². The molecule has 0 amide bonds. The van der Waals surface area contributed by atoms with E-state index in [1.54, 1.807) is 36.6 Å². The van der Waals surface area contributed by atoms with Gasteiger partial charge in [-0.1, -0.05) is 18.2 Å². The first kappa shape index (κ1) is 14.8. The summed E-state index contributed by atoms with van der Waals surface area (Å²) in [5.74, 6) is 0. The second kappa shape index (κ2) is 5.83. The number of rotatable bonds is 4. The highest BCUT2D eigenvalue weighted by Gasteiger charge is 2.21. The number of para-hydroxylation sites is 1. The van der Waals surface area contributed by atoms with Crippen molar-refractivity contribution in [2.45, 2.75) is 16.5 Å². The van der Waals surface area contributed by atoms with Gasteiger partial charge in [0.2, 0.25) is 0 Å². The van der Waals surface area contributed by atoms with Gasteiger partial charge in [0.05, 0.1) is 11.1 Å². The summed E-state index contributed by atoms with van der Waals surface area (Å²) in [4.78, 5) is 0. The summed E-state index contributed by atoms with van der Waals surface area (Å²) < 4.78 is 28.0. The van der Waals surface area contributed by atoms with Crippen molar-refractivity contribution >= 4 is 54.6 Å². The van der Waals surface area contributed by atoms with Gasteiger partial charge in [-0.05, 0) is 45.9 Å². The molecule has 0 saturated heterocycles. The van der Waals surface area contributed by atoms with Gasteiger partial charge in [-0.15, -0.1) is 22.9 Å². The fourth-order valence-corrected chi connectivity index (χ4v) is 5.22. The predicted octanol–water partition coefficient (Wildman–Crippen LogP) is 4.61. The zero-order valence-corrected chi connectivity index (χ0v) is 13.9. The van der Waals surface area contributed by atoms with Crippen LogP contribution in [0.5, 0.6) is 0 Å². The lowest BCUT2D eigenvalue weighted by Crippen LogP contribution is -2.13. The van der Waals surface area contributed by atoms with Crippen molar-refractivity contribution < 1.29 is 8.42 Å². The number of alkyl halides is 1. The lowest BCUT2D eigenvalue weighted by atomic mass is 10.1. The van der Waals surface area contributed by atoms with Crippen LogP contribution in [-0.2, 0) is 10.0 Å². The first-order valence-electron chi connectivity index (χ1n) is 5.40. The zero-order chi connectivity index (χ0) is 14.0. The first-order valence-corrected chi connectivity index (χ1v) is 9.00. The normalized spacial score (nSPS) is 13.2. The molecule has 7 heteroatoms. The van der Waals surface area contributed by atoms with E-state index in [0.717, 1.165) is 16.9 Å². The van der Waals surface area contributed by atoms with Crippen LogP contribution in [0.25, 0.3) is 0 Å². The third-order valence-corrected chi connectivity index (χ3v) is 6.73. The van der Waals surface area contributed by atoms with Gasteiger partial charge in [0.15, 0.2) is 4.21 Å². The highest BCUT2D eigenvalue weighted by molar-refractivity contribution is 9.10. The quantitative estimate of drug-likeness (QED) is 0.787. The molecule has 0 radical (unpaired) electrons. The molecule has 0 aliphatic heterocycles.